The van der Waals surface area contributed by atoms with E-state index >= 15 is 0 Å². The molecule has 0 aromatic heterocycles. The quantitative estimate of drug-likeness (QED) is 0.732. The molecule has 0 fully saturated rings. The number of carboxylic acid groups (broad SMARTS) is 1. The van der Waals surface area contributed by atoms with E-state index in [0.717, 1.165) is 6.42 Å². The van der Waals surface area contributed by atoms with Gasteiger partial charge in [0.2, 0.25) is 5.91 Å². The molecule has 0 saturated heterocycles. The highest BCUT2D eigenvalue weighted by Gasteiger charge is 2.32. The molecule has 0 aliphatic rings. The van der Waals surface area contributed by atoms with Crippen LogP contribution in [0.1, 0.15) is 40.5 Å². The van der Waals surface area contributed by atoms with Gasteiger partial charge >= 0.3 is 5.97 Å². The predicted octanol–water partition coefficient (Wildman–Crippen LogP) is 1.07. The van der Waals surface area contributed by atoms with Crippen molar-refractivity contribution in [2.24, 2.45) is 11.7 Å². The minimum Gasteiger partial charge on any atom is -0.480 e. The summed E-state index contributed by atoms with van der Waals surface area (Å²) in [5.74, 6) is -1.44. The Labute approximate surface area is 103 Å². The number of carbonyl (C=O) groups is 2. The number of carboxylic acids is 1. The number of nitrogens with zero attached hydrogens (tertiary/aromatic N) is 1. The third-order valence-corrected chi connectivity index (χ3v) is 2.64. The summed E-state index contributed by atoms with van der Waals surface area (Å²) in [6.45, 7) is 7.45. The largest absolute Gasteiger partial charge is 0.480 e. The zero-order valence-electron chi connectivity index (χ0n) is 11.2. The molecule has 0 aliphatic carbocycles. The highest BCUT2D eigenvalue weighted by Crippen LogP contribution is 2.18. The lowest BCUT2D eigenvalue weighted by Gasteiger charge is -2.36. The molecular weight excluding hydrogens is 220 g/mol. The van der Waals surface area contributed by atoms with Crippen LogP contribution in [-0.4, -0.2) is 40.5 Å². The first kappa shape index (κ1) is 15.9. The van der Waals surface area contributed by atoms with Gasteiger partial charge in [0.15, 0.2) is 0 Å². The molecule has 0 aliphatic heterocycles. The Hall–Kier alpha value is -1.10. The lowest BCUT2D eigenvalue weighted by molar-refractivity contribution is -0.150. The Bertz CT molecular complexity index is 271. The zero-order valence-corrected chi connectivity index (χ0v) is 11.2. The summed E-state index contributed by atoms with van der Waals surface area (Å²) in [6, 6.07) is 0. The Morgan fingerprint density at radius 1 is 1.35 bits per heavy atom. The first-order valence-electron chi connectivity index (χ1n) is 5.97. The summed E-state index contributed by atoms with van der Waals surface area (Å²) in [5, 5.41) is 8.86. The molecule has 0 bridgehead atoms. The van der Waals surface area contributed by atoms with Crippen LogP contribution in [-0.2, 0) is 9.59 Å². The van der Waals surface area contributed by atoms with Crippen molar-refractivity contribution in [3.8, 4) is 0 Å². The van der Waals surface area contributed by atoms with Crippen LogP contribution < -0.4 is 5.73 Å². The van der Waals surface area contributed by atoms with Gasteiger partial charge in [0.1, 0.15) is 6.54 Å². The van der Waals surface area contributed by atoms with E-state index < -0.39 is 11.5 Å². The summed E-state index contributed by atoms with van der Waals surface area (Å²) in [4.78, 5) is 24.4. The van der Waals surface area contributed by atoms with Crippen LogP contribution in [0.25, 0.3) is 0 Å². The van der Waals surface area contributed by atoms with Crippen molar-refractivity contribution < 1.29 is 14.7 Å². The fraction of sp³-hybridized carbons (Fsp3) is 0.833. The van der Waals surface area contributed by atoms with Gasteiger partial charge in [-0.15, -0.1) is 0 Å². The molecule has 0 aromatic carbocycles. The van der Waals surface area contributed by atoms with Crippen molar-refractivity contribution in [2.75, 3.05) is 13.1 Å². The second-order valence-electron chi connectivity index (χ2n) is 5.21. The Balaban J connectivity index is 4.91. The van der Waals surface area contributed by atoms with E-state index in [0.29, 0.717) is 6.42 Å². The molecule has 17 heavy (non-hydrogen) atoms. The number of carbonyl (C=O) groups excluding carboxylic acids is 1. The molecule has 5 nitrogen and oxygen atoms in total. The number of hydrogen-bond donors (Lipinski definition) is 2. The van der Waals surface area contributed by atoms with E-state index in [9.17, 15) is 9.59 Å². The lowest BCUT2D eigenvalue weighted by atomic mass is 9.98. The smallest absolute Gasteiger partial charge is 0.323 e. The van der Waals surface area contributed by atoms with Crippen molar-refractivity contribution in [3.05, 3.63) is 0 Å². The molecule has 3 N–H and O–H groups in total. The molecule has 0 rings (SSSR count). The van der Waals surface area contributed by atoms with Crippen LogP contribution >= 0.6 is 0 Å². The van der Waals surface area contributed by atoms with E-state index in [-0.39, 0.29) is 24.9 Å². The summed E-state index contributed by atoms with van der Waals surface area (Å²) < 4.78 is 0. The van der Waals surface area contributed by atoms with Crippen LogP contribution in [0, 0.1) is 5.92 Å². The molecular formula is C12H24N2O3. The average Bonchev–Trinajstić information content (AvgIpc) is 2.19. The van der Waals surface area contributed by atoms with Gasteiger partial charge in [-0.25, -0.2) is 0 Å². The Morgan fingerprint density at radius 3 is 2.18 bits per heavy atom. The molecule has 1 amide bonds. The zero-order chi connectivity index (χ0) is 13.6. The van der Waals surface area contributed by atoms with Crippen LogP contribution in [0.5, 0.6) is 0 Å². The van der Waals surface area contributed by atoms with Gasteiger partial charge in [0.05, 0.1) is 5.92 Å². The van der Waals surface area contributed by atoms with Crippen molar-refractivity contribution in [3.63, 3.8) is 0 Å². The van der Waals surface area contributed by atoms with E-state index in [1.54, 1.807) is 0 Å². The second kappa shape index (κ2) is 6.59. The van der Waals surface area contributed by atoms with Gasteiger partial charge in [-0.2, -0.15) is 0 Å². The highest BCUT2D eigenvalue weighted by molar-refractivity contribution is 5.84. The first-order chi connectivity index (χ1) is 7.73. The van der Waals surface area contributed by atoms with Crippen molar-refractivity contribution in [1.82, 2.24) is 4.90 Å². The monoisotopic (exact) mass is 244 g/mol. The minimum absolute atomic E-state index is 0.163. The van der Waals surface area contributed by atoms with Gasteiger partial charge in [-0.05, 0) is 27.2 Å². The molecule has 0 spiro atoms. The number of aliphatic carboxylic acids is 1. The molecule has 0 radical (unpaired) electrons. The predicted molar refractivity (Wildman–Crippen MR) is 66.6 cm³/mol. The Morgan fingerprint density at radius 2 is 1.88 bits per heavy atom. The second-order valence-corrected chi connectivity index (χ2v) is 5.21. The first-order valence-corrected chi connectivity index (χ1v) is 5.97. The summed E-state index contributed by atoms with van der Waals surface area (Å²) in [7, 11) is 0. The maximum Gasteiger partial charge on any atom is 0.323 e. The van der Waals surface area contributed by atoms with Crippen molar-refractivity contribution in [2.45, 2.75) is 46.1 Å². The highest BCUT2D eigenvalue weighted by atomic mass is 16.4. The maximum absolute atomic E-state index is 12.2. The molecule has 0 heterocycles. The fourth-order valence-corrected chi connectivity index (χ4v) is 1.69. The third kappa shape index (κ3) is 5.17. The third-order valence-electron chi connectivity index (χ3n) is 2.64. The van der Waals surface area contributed by atoms with E-state index in [1.807, 2.05) is 27.7 Å². The van der Waals surface area contributed by atoms with Gasteiger partial charge in [0, 0.05) is 12.1 Å². The van der Waals surface area contributed by atoms with Crippen molar-refractivity contribution in [1.29, 1.82) is 0 Å². The summed E-state index contributed by atoms with van der Waals surface area (Å²) >= 11 is 0. The van der Waals surface area contributed by atoms with Crippen LogP contribution in [0.4, 0.5) is 0 Å². The number of rotatable bonds is 6. The maximum atomic E-state index is 12.2. The van der Waals surface area contributed by atoms with Gasteiger partial charge in [-0.1, -0.05) is 13.3 Å². The number of hydrogen-bond acceptors (Lipinski definition) is 3. The Kier molecular flexibility index (Phi) is 6.16. The summed E-state index contributed by atoms with van der Waals surface area (Å²) in [5.41, 5.74) is 5.07. The van der Waals surface area contributed by atoms with Crippen LogP contribution in [0.15, 0.2) is 0 Å². The van der Waals surface area contributed by atoms with Gasteiger partial charge < -0.3 is 15.7 Å². The molecule has 0 saturated carbocycles. The summed E-state index contributed by atoms with van der Waals surface area (Å²) in [6.07, 6.45) is 1.56. The lowest BCUT2D eigenvalue weighted by Crippen LogP contribution is -2.51. The topological polar surface area (TPSA) is 83.6 Å². The van der Waals surface area contributed by atoms with Crippen LogP contribution in [0.2, 0.25) is 0 Å². The van der Waals surface area contributed by atoms with Crippen LogP contribution in [0.3, 0.4) is 0 Å². The van der Waals surface area contributed by atoms with Gasteiger partial charge in [-0.3, -0.25) is 9.59 Å². The molecule has 100 valence electrons. The van der Waals surface area contributed by atoms with E-state index in [4.69, 9.17) is 10.8 Å². The van der Waals surface area contributed by atoms with Gasteiger partial charge in [0.25, 0.3) is 0 Å². The molecule has 0 aromatic rings. The van der Waals surface area contributed by atoms with E-state index in [1.165, 1.54) is 4.90 Å². The van der Waals surface area contributed by atoms with Crippen molar-refractivity contribution >= 4 is 11.9 Å². The molecule has 1 atom stereocenters. The SMILES string of the molecule is CCCC(CN)C(=O)N(CC(=O)O)C(C)(C)C. The fourth-order valence-electron chi connectivity index (χ4n) is 1.69. The minimum atomic E-state index is -0.999. The van der Waals surface area contributed by atoms with E-state index in [2.05, 4.69) is 0 Å². The molecule has 1 unspecified atom stereocenters. The standard InChI is InChI=1S/C12H24N2O3/c1-5-6-9(7-13)11(17)14(8-10(15)16)12(2,3)4/h9H,5-8,13H2,1-4H3,(H,15,16). The number of amides is 1. The normalized spacial score (nSPS) is 13.2. The average molecular weight is 244 g/mol. The molecule has 5 heteroatoms. The number of nitrogens with two attached hydrogens (primary N) is 1.